The molecule has 1 heterocycles. The van der Waals surface area contributed by atoms with Crippen molar-refractivity contribution in [2.45, 2.75) is 18.9 Å². The van der Waals surface area contributed by atoms with Gasteiger partial charge in [0.1, 0.15) is 5.82 Å². The van der Waals surface area contributed by atoms with Gasteiger partial charge in [0.05, 0.1) is 6.04 Å². The number of likely N-dealkylation sites (tertiary alicyclic amines) is 1. The van der Waals surface area contributed by atoms with E-state index in [-0.39, 0.29) is 29.6 Å². The minimum absolute atomic E-state index is 0.0359. The van der Waals surface area contributed by atoms with Crippen LogP contribution in [0.5, 0.6) is 0 Å². The van der Waals surface area contributed by atoms with Crippen LogP contribution in [-0.2, 0) is 9.59 Å². The van der Waals surface area contributed by atoms with Gasteiger partial charge in [0.15, 0.2) is 0 Å². The van der Waals surface area contributed by atoms with Gasteiger partial charge < -0.3 is 10.2 Å². The van der Waals surface area contributed by atoms with Gasteiger partial charge in [-0.25, -0.2) is 4.39 Å². The maximum atomic E-state index is 13.4. The summed E-state index contributed by atoms with van der Waals surface area (Å²) in [7, 11) is 0. The summed E-state index contributed by atoms with van der Waals surface area (Å²) < 4.78 is 13.4. The van der Waals surface area contributed by atoms with Crippen molar-refractivity contribution >= 4 is 17.9 Å². The van der Waals surface area contributed by atoms with Crippen molar-refractivity contribution in [3.63, 3.8) is 0 Å². The Balaban J connectivity index is 1.37. The highest BCUT2D eigenvalue weighted by Crippen LogP contribution is 2.25. The van der Waals surface area contributed by atoms with Gasteiger partial charge in [-0.15, -0.1) is 0 Å². The summed E-state index contributed by atoms with van der Waals surface area (Å²) >= 11 is 0. The highest BCUT2D eigenvalue weighted by molar-refractivity contribution is 5.92. The minimum Gasteiger partial charge on any atom is -0.345 e. The van der Waals surface area contributed by atoms with Crippen LogP contribution in [0.2, 0.25) is 0 Å². The fraction of sp³-hybridized carbons (Fsp3) is 0.214. The Morgan fingerprint density at radius 1 is 0.848 bits per heavy atom. The number of carbonyl (C=O) groups is 2. The summed E-state index contributed by atoms with van der Waals surface area (Å²) in [5.74, 6) is -0.555. The monoisotopic (exact) mass is 442 g/mol. The molecule has 3 aromatic carbocycles. The number of carbonyl (C=O) groups excluding carboxylic acids is 2. The molecule has 0 aromatic heterocycles. The van der Waals surface area contributed by atoms with Crippen LogP contribution in [0.15, 0.2) is 91.0 Å². The van der Waals surface area contributed by atoms with E-state index in [0.717, 1.165) is 16.7 Å². The first-order valence-corrected chi connectivity index (χ1v) is 11.2. The Morgan fingerprint density at radius 3 is 2.06 bits per heavy atom. The van der Waals surface area contributed by atoms with Crippen molar-refractivity contribution in [1.29, 1.82) is 0 Å². The van der Waals surface area contributed by atoms with Crippen LogP contribution in [-0.4, -0.2) is 29.8 Å². The van der Waals surface area contributed by atoms with Crippen LogP contribution in [0.25, 0.3) is 6.08 Å². The van der Waals surface area contributed by atoms with Crippen LogP contribution in [0.4, 0.5) is 4.39 Å². The number of nitrogens with zero attached hydrogens (tertiary/aromatic N) is 1. The van der Waals surface area contributed by atoms with E-state index in [1.165, 1.54) is 12.1 Å². The zero-order valence-electron chi connectivity index (χ0n) is 18.4. The van der Waals surface area contributed by atoms with Gasteiger partial charge in [-0.05, 0) is 47.7 Å². The molecule has 0 aliphatic carbocycles. The summed E-state index contributed by atoms with van der Waals surface area (Å²) in [6, 6.07) is 25.2. The molecule has 33 heavy (non-hydrogen) atoms. The molecule has 5 heteroatoms. The van der Waals surface area contributed by atoms with Gasteiger partial charge in [0.25, 0.3) is 0 Å². The first-order chi connectivity index (χ1) is 16.1. The lowest BCUT2D eigenvalue weighted by molar-refractivity contribution is -0.132. The van der Waals surface area contributed by atoms with Crippen LogP contribution < -0.4 is 5.32 Å². The minimum atomic E-state index is -0.354. The van der Waals surface area contributed by atoms with Crippen molar-refractivity contribution in [3.05, 3.63) is 114 Å². The first kappa shape index (κ1) is 22.5. The Bertz CT molecular complexity index is 1090. The molecule has 0 spiro atoms. The van der Waals surface area contributed by atoms with Gasteiger partial charge >= 0.3 is 0 Å². The number of hydrogen-bond donors (Lipinski definition) is 1. The molecule has 1 atom stereocenters. The Hall–Kier alpha value is -3.73. The van der Waals surface area contributed by atoms with Gasteiger partial charge in [0.2, 0.25) is 11.8 Å². The van der Waals surface area contributed by atoms with Crippen molar-refractivity contribution in [2.75, 3.05) is 13.1 Å². The summed E-state index contributed by atoms with van der Waals surface area (Å²) in [6.07, 6.45) is 4.63. The molecule has 1 aliphatic heterocycles. The first-order valence-electron chi connectivity index (χ1n) is 11.2. The van der Waals surface area contributed by atoms with Crippen molar-refractivity contribution in [1.82, 2.24) is 10.2 Å². The molecule has 3 aromatic rings. The van der Waals surface area contributed by atoms with E-state index in [4.69, 9.17) is 0 Å². The molecular formula is C28H27FN2O2. The molecule has 4 rings (SSSR count). The summed E-state index contributed by atoms with van der Waals surface area (Å²) in [5.41, 5.74) is 2.75. The number of piperidine rings is 1. The number of rotatable bonds is 6. The Morgan fingerprint density at radius 2 is 1.42 bits per heavy atom. The van der Waals surface area contributed by atoms with E-state index in [1.807, 2.05) is 66.7 Å². The standard InChI is InChI=1S/C28H27FN2O2/c29-25-14-12-23(13-15-25)27(22-9-5-2-6-10-22)30-28(33)24-17-19-31(20-18-24)26(32)16-11-21-7-3-1-4-8-21/h1-16,24,27H,17-20H2,(H,30,33)/b16-11+. The number of halogens is 1. The van der Waals surface area contributed by atoms with Crippen molar-refractivity contribution < 1.29 is 14.0 Å². The van der Waals surface area contributed by atoms with Crippen molar-refractivity contribution in [2.24, 2.45) is 5.92 Å². The van der Waals surface area contributed by atoms with Gasteiger partial charge in [-0.3, -0.25) is 9.59 Å². The van der Waals surface area contributed by atoms with E-state index in [9.17, 15) is 14.0 Å². The molecule has 0 radical (unpaired) electrons. The predicted octanol–water partition coefficient (Wildman–Crippen LogP) is 4.98. The van der Waals surface area contributed by atoms with E-state index in [0.29, 0.717) is 25.9 Å². The molecule has 168 valence electrons. The maximum Gasteiger partial charge on any atom is 0.246 e. The lowest BCUT2D eigenvalue weighted by Gasteiger charge is -2.32. The molecule has 0 saturated carbocycles. The van der Waals surface area contributed by atoms with Crippen LogP contribution in [0, 0.1) is 11.7 Å². The van der Waals surface area contributed by atoms with E-state index in [2.05, 4.69) is 5.32 Å². The number of amides is 2. The van der Waals surface area contributed by atoms with Gasteiger partial charge in [-0.1, -0.05) is 72.8 Å². The van der Waals surface area contributed by atoms with E-state index in [1.54, 1.807) is 23.1 Å². The van der Waals surface area contributed by atoms with Crippen LogP contribution >= 0.6 is 0 Å². The smallest absolute Gasteiger partial charge is 0.246 e. The molecule has 4 nitrogen and oxygen atoms in total. The van der Waals surface area contributed by atoms with Gasteiger partial charge in [0, 0.05) is 25.1 Å². The molecule has 1 N–H and O–H groups in total. The molecule has 0 bridgehead atoms. The number of benzene rings is 3. The molecule has 1 fully saturated rings. The number of nitrogens with one attached hydrogen (secondary N) is 1. The highest BCUT2D eigenvalue weighted by atomic mass is 19.1. The Kier molecular flexibility index (Phi) is 7.30. The fourth-order valence-electron chi connectivity index (χ4n) is 4.12. The molecule has 1 saturated heterocycles. The van der Waals surface area contributed by atoms with E-state index < -0.39 is 0 Å². The molecule has 2 amide bonds. The van der Waals surface area contributed by atoms with Crippen LogP contribution in [0.1, 0.15) is 35.6 Å². The van der Waals surface area contributed by atoms with Gasteiger partial charge in [-0.2, -0.15) is 0 Å². The normalized spacial score (nSPS) is 15.4. The number of hydrogen-bond acceptors (Lipinski definition) is 2. The third kappa shape index (κ3) is 5.95. The predicted molar refractivity (Wildman–Crippen MR) is 128 cm³/mol. The van der Waals surface area contributed by atoms with Crippen LogP contribution in [0.3, 0.4) is 0 Å². The molecule has 1 aliphatic rings. The van der Waals surface area contributed by atoms with E-state index >= 15 is 0 Å². The lowest BCUT2D eigenvalue weighted by atomic mass is 9.93. The summed E-state index contributed by atoms with van der Waals surface area (Å²) in [4.78, 5) is 27.4. The molecule has 1 unspecified atom stereocenters. The topological polar surface area (TPSA) is 49.4 Å². The zero-order chi connectivity index (χ0) is 23.0. The fourth-order valence-corrected chi connectivity index (χ4v) is 4.12. The second kappa shape index (κ2) is 10.7. The average molecular weight is 443 g/mol. The summed E-state index contributed by atoms with van der Waals surface area (Å²) in [6.45, 7) is 1.09. The van der Waals surface area contributed by atoms with Crippen molar-refractivity contribution in [3.8, 4) is 0 Å². The molecular weight excluding hydrogens is 415 g/mol. The average Bonchev–Trinajstić information content (AvgIpc) is 2.87. The SMILES string of the molecule is O=C(NC(c1ccccc1)c1ccc(F)cc1)C1CCN(C(=O)/C=C/c2ccccc2)CC1. The Labute approximate surface area is 193 Å². The third-order valence-corrected chi connectivity index (χ3v) is 6.02. The highest BCUT2D eigenvalue weighted by Gasteiger charge is 2.28. The lowest BCUT2D eigenvalue weighted by Crippen LogP contribution is -2.43. The maximum absolute atomic E-state index is 13.4. The second-order valence-corrected chi connectivity index (χ2v) is 8.25. The second-order valence-electron chi connectivity index (χ2n) is 8.25. The largest absolute Gasteiger partial charge is 0.345 e. The zero-order valence-corrected chi connectivity index (χ0v) is 18.4. The summed E-state index contributed by atoms with van der Waals surface area (Å²) in [5, 5.41) is 3.15. The third-order valence-electron chi connectivity index (χ3n) is 6.02. The quantitative estimate of drug-likeness (QED) is 0.547.